The number of nitrogens with zero attached hydrogens (tertiary/aromatic N) is 2. The lowest BCUT2D eigenvalue weighted by Gasteiger charge is -2.21. The monoisotopic (exact) mass is 225 g/mol. The summed E-state index contributed by atoms with van der Waals surface area (Å²) in [7, 11) is 1.67. The van der Waals surface area contributed by atoms with Gasteiger partial charge in [0.1, 0.15) is 0 Å². The van der Waals surface area contributed by atoms with Crippen molar-refractivity contribution in [1.82, 2.24) is 9.78 Å². The Labute approximate surface area is 97.8 Å². The van der Waals surface area contributed by atoms with E-state index in [1.54, 1.807) is 7.11 Å². The third-order valence-electron chi connectivity index (χ3n) is 2.55. The summed E-state index contributed by atoms with van der Waals surface area (Å²) < 4.78 is 7.37. The Bertz CT molecular complexity index is 361. The highest BCUT2D eigenvalue weighted by atomic mass is 16.5. The van der Waals surface area contributed by atoms with E-state index in [0.717, 1.165) is 17.1 Å². The molecule has 2 N–H and O–H groups in total. The molecular weight excluding hydrogens is 202 g/mol. The molecule has 0 saturated carbocycles. The van der Waals surface area contributed by atoms with E-state index in [4.69, 9.17) is 10.5 Å². The first-order chi connectivity index (χ1) is 7.32. The van der Waals surface area contributed by atoms with Crippen LogP contribution in [0.15, 0.2) is 0 Å². The maximum Gasteiger partial charge on any atom is 0.216 e. The van der Waals surface area contributed by atoms with Crippen LogP contribution in [-0.4, -0.2) is 16.9 Å². The largest absolute Gasteiger partial charge is 0.481 e. The minimum Gasteiger partial charge on any atom is -0.481 e. The van der Waals surface area contributed by atoms with Gasteiger partial charge >= 0.3 is 0 Å². The van der Waals surface area contributed by atoms with Crippen molar-refractivity contribution in [3.8, 4) is 5.88 Å². The van der Waals surface area contributed by atoms with E-state index in [1.807, 2.05) is 4.68 Å². The summed E-state index contributed by atoms with van der Waals surface area (Å²) in [5.41, 5.74) is 7.75. The van der Waals surface area contributed by atoms with E-state index >= 15 is 0 Å². The Morgan fingerprint density at radius 3 is 2.25 bits per heavy atom. The molecule has 92 valence electrons. The van der Waals surface area contributed by atoms with E-state index in [9.17, 15) is 0 Å². The smallest absolute Gasteiger partial charge is 0.216 e. The van der Waals surface area contributed by atoms with Crippen LogP contribution < -0.4 is 10.5 Å². The Hall–Kier alpha value is -1.03. The molecule has 0 aliphatic heterocycles. The molecule has 1 rings (SSSR count). The minimum absolute atomic E-state index is 0.0948. The fourth-order valence-electron chi connectivity index (χ4n) is 1.77. The first kappa shape index (κ1) is 13.0. The van der Waals surface area contributed by atoms with Crippen molar-refractivity contribution >= 4 is 0 Å². The number of ether oxygens (including phenoxy) is 1. The second kappa shape index (κ2) is 4.45. The van der Waals surface area contributed by atoms with Gasteiger partial charge in [0.2, 0.25) is 5.88 Å². The summed E-state index contributed by atoms with van der Waals surface area (Å²) in [5.74, 6) is 1.15. The highest BCUT2D eigenvalue weighted by Crippen LogP contribution is 2.31. The van der Waals surface area contributed by atoms with Crippen LogP contribution in [0.2, 0.25) is 0 Å². The fourth-order valence-corrected chi connectivity index (χ4v) is 1.77. The van der Waals surface area contributed by atoms with Crippen molar-refractivity contribution in [3.63, 3.8) is 0 Å². The summed E-state index contributed by atoms with van der Waals surface area (Å²) in [5, 5.41) is 4.63. The van der Waals surface area contributed by atoms with Gasteiger partial charge in [-0.2, -0.15) is 5.10 Å². The van der Waals surface area contributed by atoms with Gasteiger partial charge in [-0.25, -0.2) is 4.68 Å². The van der Waals surface area contributed by atoms with Crippen molar-refractivity contribution in [3.05, 3.63) is 11.3 Å². The van der Waals surface area contributed by atoms with E-state index in [2.05, 4.69) is 39.7 Å². The number of hydrogen-bond acceptors (Lipinski definition) is 3. The molecule has 0 atom stereocenters. The quantitative estimate of drug-likeness (QED) is 0.858. The third-order valence-corrected chi connectivity index (χ3v) is 2.55. The molecule has 0 aromatic carbocycles. The third kappa shape index (κ3) is 2.21. The van der Waals surface area contributed by atoms with Gasteiger partial charge in [0.05, 0.1) is 23.9 Å². The zero-order chi connectivity index (χ0) is 12.5. The van der Waals surface area contributed by atoms with Gasteiger partial charge in [0, 0.05) is 6.54 Å². The van der Waals surface area contributed by atoms with Gasteiger partial charge < -0.3 is 10.5 Å². The molecule has 0 spiro atoms. The molecule has 16 heavy (non-hydrogen) atoms. The Kier molecular flexibility index (Phi) is 3.63. The number of hydrogen-bond donors (Lipinski definition) is 1. The Morgan fingerprint density at radius 2 is 1.94 bits per heavy atom. The number of methoxy groups -OCH3 is 1. The lowest BCUT2D eigenvalue weighted by molar-refractivity contribution is 0.279. The molecule has 4 heteroatoms. The molecule has 0 unspecified atom stereocenters. The van der Waals surface area contributed by atoms with Gasteiger partial charge in [-0.1, -0.05) is 13.8 Å². The maximum absolute atomic E-state index is 5.79. The van der Waals surface area contributed by atoms with Crippen LogP contribution in [0, 0.1) is 0 Å². The molecule has 0 radical (unpaired) electrons. The summed E-state index contributed by atoms with van der Waals surface area (Å²) in [6, 6.07) is 0. The zero-order valence-corrected chi connectivity index (χ0v) is 11.2. The van der Waals surface area contributed by atoms with Gasteiger partial charge in [0.25, 0.3) is 0 Å². The molecule has 0 aliphatic rings. The summed E-state index contributed by atoms with van der Waals surface area (Å²) in [4.78, 5) is 0. The molecule has 1 heterocycles. The molecule has 1 aromatic rings. The van der Waals surface area contributed by atoms with E-state index in [-0.39, 0.29) is 5.54 Å². The van der Waals surface area contributed by atoms with E-state index in [0.29, 0.717) is 12.5 Å². The highest BCUT2D eigenvalue weighted by molar-refractivity contribution is 5.34. The number of rotatable bonds is 3. The van der Waals surface area contributed by atoms with Crippen LogP contribution in [-0.2, 0) is 12.1 Å². The van der Waals surface area contributed by atoms with Crippen molar-refractivity contribution in [2.45, 2.75) is 52.6 Å². The molecule has 0 amide bonds. The summed E-state index contributed by atoms with van der Waals surface area (Å²) in [6.07, 6.45) is 0. The zero-order valence-electron chi connectivity index (χ0n) is 11.2. The number of nitrogens with two attached hydrogens (primary N) is 1. The first-order valence-corrected chi connectivity index (χ1v) is 5.69. The molecule has 0 aliphatic carbocycles. The van der Waals surface area contributed by atoms with Crippen molar-refractivity contribution in [2.24, 2.45) is 5.73 Å². The predicted octanol–water partition coefficient (Wildman–Crippen LogP) is 2.23. The normalized spacial score (nSPS) is 12.2. The first-order valence-electron chi connectivity index (χ1n) is 5.69. The lowest BCUT2D eigenvalue weighted by Crippen LogP contribution is -2.24. The molecule has 1 aromatic heterocycles. The summed E-state index contributed by atoms with van der Waals surface area (Å²) in [6.45, 7) is 11.0. The maximum atomic E-state index is 5.79. The van der Waals surface area contributed by atoms with Gasteiger partial charge in [-0.05, 0) is 26.7 Å². The molecule has 0 saturated heterocycles. The van der Waals surface area contributed by atoms with Crippen molar-refractivity contribution < 1.29 is 4.74 Å². The van der Waals surface area contributed by atoms with Gasteiger partial charge in [-0.3, -0.25) is 0 Å². The van der Waals surface area contributed by atoms with Crippen LogP contribution in [0.1, 0.15) is 51.8 Å². The lowest BCUT2D eigenvalue weighted by atomic mass is 10.1. The topological polar surface area (TPSA) is 53.1 Å². The molecule has 0 bridgehead atoms. The number of aromatic nitrogens is 2. The molecular formula is C12H23N3O. The van der Waals surface area contributed by atoms with Crippen LogP contribution in [0.25, 0.3) is 0 Å². The summed E-state index contributed by atoms with van der Waals surface area (Å²) >= 11 is 0. The minimum atomic E-state index is -0.0948. The average molecular weight is 225 g/mol. The standard InChI is InChI=1S/C12H23N3O/c1-8(2)10-9(7-13)11(16-6)15(14-10)12(3,4)5/h8H,7,13H2,1-6H3. The Morgan fingerprint density at radius 1 is 1.38 bits per heavy atom. The van der Waals surface area contributed by atoms with Gasteiger partial charge in [-0.15, -0.1) is 0 Å². The van der Waals surface area contributed by atoms with Crippen LogP contribution in [0.3, 0.4) is 0 Å². The van der Waals surface area contributed by atoms with Crippen molar-refractivity contribution in [1.29, 1.82) is 0 Å². The molecule has 0 fully saturated rings. The van der Waals surface area contributed by atoms with E-state index in [1.165, 1.54) is 0 Å². The van der Waals surface area contributed by atoms with E-state index < -0.39 is 0 Å². The van der Waals surface area contributed by atoms with Crippen LogP contribution >= 0.6 is 0 Å². The fraction of sp³-hybridized carbons (Fsp3) is 0.750. The molecule has 4 nitrogen and oxygen atoms in total. The Balaban J connectivity index is 3.41. The average Bonchev–Trinajstić information content (AvgIpc) is 2.54. The highest BCUT2D eigenvalue weighted by Gasteiger charge is 2.25. The predicted molar refractivity (Wildman–Crippen MR) is 65.8 cm³/mol. The second-order valence-corrected chi connectivity index (χ2v) is 5.31. The van der Waals surface area contributed by atoms with Crippen molar-refractivity contribution in [2.75, 3.05) is 7.11 Å². The van der Waals surface area contributed by atoms with Crippen LogP contribution in [0.5, 0.6) is 5.88 Å². The second-order valence-electron chi connectivity index (χ2n) is 5.31. The van der Waals surface area contributed by atoms with Crippen LogP contribution in [0.4, 0.5) is 0 Å². The SMILES string of the molecule is COc1c(CN)c(C(C)C)nn1C(C)(C)C. The van der Waals surface area contributed by atoms with Gasteiger partial charge in [0.15, 0.2) is 0 Å².